The molecule has 2 unspecified atom stereocenters. The number of rotatable bonds is 15. The van der Waals surface area contributed by atoms with Crippen LogP contribution in [0.4, 0.5) is 0 Å². The Bertz CT molecular complexity index is 1360. The number of amides is 1. The van der Waals surface area contributed by atoms with Crippen molar-refractivity contribution < 1.29 is 14.3 Å². The average Bonchev–Trinajstić information content (AvgIpc) is 3.61. The van der Waals surface area contributed by atoms with Gasteiger partial charge in [-0.25, -0.2) is 5.84 Å². The number of carbonyl (C=O) groups is 1. The van der Waals surface area contributed by atoms with E-state index >= 15 is 0 Å². The number of hydrogen-bond acceptors (Lipinski definition) is 6. The van der Waals surface area contributed by atoms with Gasteiger partial charge in [0.25, 0.3) is 5.91 Å². The molecule has 2 aromatic carbocycles. The van der Waals surface area contributed by atoms with Gasteiger partial charge < -0.3 is 9.47 Å². The molecule has 0 saturated carbocycles. The maximum atomic E-state index is 12.4. The second-order valence-electron chi connectivity index (χ2n) is 10.3. The van der Waals surface area contributed by atoms with E-state index in [0.29, 0.717) is 29.9 Å². The Hall–Kier alpha value is -2.35. The zero-order valence-electron chi connectivity index (χ0n) is 23.2. The predicted molar refractivity (Wildman–Crippen MR) is 164 cm³/mol. The molecule has 0 saturated heterocycles. The third-order valence-corrected chi connectivity index (χ3v) is 9.87. The first-order chi connectivity index (χ1) is 18.5. The average molecular weight is 555 g/mol. The topological polar surface area (TPSA) is 73.6 Å². The smallest absolute Gasteiger partial charge is 0.275 e. The zero-order valence-corrected chi connectivity index (χ0v) is 24.9. The monoisotopic (exact) mass is 554 g/mol. The van der Waals surface area contributed by atoms with Gasteiger partial charge in [0.1, 0.15) is 0 Å². The van der Waals surface area contributed by atoms with Gasteiger partial charge in [-0.15, -0.1) is 22.7 Å². The van der Waals surface area contributed by atoms with Crippen LogP contribution in [0.3, 0.4) is 0 Å². The van der Waals surface area contributed by atoms with Gasteiger partial charge in [0.15, 0.2) is 11.5 Å². The van der Waals surface area contributed by atoms with Crippen LogP contribution in [-0.4, -0.2) is 19.1 Å². The van der Waals surface area contributed by atoms with Crippen molar-refractivity contribution in [2.75, 3.05) is 13.2 Å². The summed E-state index contributed by atoms with van der Waals surface area (Å²) in [4.78, 5) is 13.0. The highest BCUT2D eigenvalue weighted by Gasteiger charge is 2.20. The molecule has 7 heteroatoms. The third-order valence-electron chi connectivity index (χ3n) is 7.66. The van der Waals surface area contributed by atoms with Crippen LogP contribution in [0, 0.1) is 11.8 Å². The number of carbonyl (C=O) groups excluding carboxylic acids is 1. The molecule has 2 atom stereocenters. The van der Waals surface area contributed by atoms with Crippen molar-refractivity contribution in [2.45, 2.75) is 79.1 Å². The van der Waals surface area contributed by atoms with Crippen molar-refractivity contribution in [1.82, 2.24) is 5.43 Å². The largest absolute Gasteiger partial charge is 0.489 e. The Kier molecular flexibility index (Phi) is 10.3. The number of thiophene rings is 2. The van der Waals surface area contributed by atoms with Crippen LogP contribution in [-0.2, 0) is 0 Å². The van der Waals surface area contributed by atoms with Gasteiger partial charge in [0, 0.05) is 10.8 Å². The molecule has 0 aliphatic heterocycles. The van der Waals surface area contributed by atoms with Crippen molar-refractivity contribution in [3.8, 4) is 11.5 Å². The maximum absolute atomic E-state index is 12.4. The number of nitrogen functional groups attached to an aromatic ring is 1. The molecule has 3 N–H and O–H groups in total. The second-order valence-corrected chi connectivity index (χ2v) is 12.3. The van der Waals surface area contributed by atoms with Crippen LogP contribution in [0.15, 0.2) is 29.6 Å². The third kappa shape index (κ3) is 6.27. The van der Waals surface area contributed by atoms with E-state index in [-0.39, 0.29) is 5.91 Å². The van der Waals surface area contributed by atoms with E-state index in [1.54, 1.807) is 11.3 Å². The van der Waals surface area contributed by atoms with Crippen molar-refractivity contribution in [2.24, 2.45) is 17.7 Å². The van der Waals surface area contributed by atoms with E-state index in [9.17, 15) is 4.79 Å². The fourth-order valence-corrected chi connectivity index (χ4v) is 7.24. The molecular weight excluding hydrogens is 512 g/mol. The Morgan fingerprint density at radius 2 is 1.42 bits per heavy atom. The fraction of sp³-hybridized carbons (Fsp3) is 0.516. The lowest BCUT2D eigenvalue weighted by Crippen LogP contribution is -2.29. The molecule has 0 radical (unpaired) electrons. The molecule has 206 valence electrons. The van der Waals surface area contributed by atoms with Crippen LogP contribution in [0.5, 0.6) is 11.5 Å². The van der Waals surface area contributed by atoms with Crippen LogP contribution >= 0.6 is 22.7 Å². The highest BCUT2D eigenvalue weighted by atomic mass is 32.1. The van der Waals surface area contributed by atoms with Gasteiger partial charge >= 0.3 is 0 Å². The van der Waals surface area contributed by atoms with Crippen LogP contribution in [0.2, 0.25) is 0 Å². The summed E-state index contributed by atoms with van der Waals surface area (Å²) < 4.78 is 15.4. The molecule has 4 aromatic rings. The Labute approximate surface area is 234 Å². The summed E-state index contributed by atoms with van der Waals surface area (Å²) in [7, 11) is 0. The number of nitrogens with one attached hydrogen (secondary N) is 1. The van der Waals surface area contributed by atoms with Crippen molar-refractivity contribution >= 4 is 59.5 Å². The summed E-state index contributed by atoms with van der Waals surface area (Å²) in [5, 5.41) is 6.58. The lowest BCUT2D eigenvalue weighted by Gasteiger charge is -2.21. The van der Waals surface area contributed by atoms with E-state index in [2.05, 4.69) is 56.7 Å². The number of unbranched alkanes of at least 4 members (excludes halogenated alkanes) is 2. The number of benzene rings is 2. The van der Waals surface area contributed by atoms with Gasteiger partial charge in [-0.3, -0.25) is 10.2 Å². The van der Waals surface area contributed by atoms with Crippen LogP contribution in [0.25, 0.3) is 30.9 Å². The minimum atomic E-state index is -0.264. The lowest BCUT2D eigenvalue weighted by molar-refractivity contribution is 0.0957. The van der Waals surface area contributed by atoms with E-state index in [1.165, 1.54) is 59.9 Å². The van der Waals surface area contributed by atoms with Crippen molar-refractivity contribution in [3.05, 3.63) is 34.5 Å². The summed E-state index contributed by atoms with van der Waals surface area (Å²) in [5.41, 5.74) is 2.29. The molecule has 0 aliphatic rings. The second kappa shape index (κ2) is 13.6. The summed E-state index contributed by atoms with van der Waals surface area (Å²) >= 11 is 3.20. The normalized spacial score (nSPS) is 13.3. The first kappa shape index (κ1) is 28.7. The quantitative estimate of drug-likeness (QED) is 0.0873. The highest BCUT2D eigenvalue weighted by Crippen LogP contribution is 2.45. The van der Waals surface area contributed by atoms with Crippen molar-refractivity contribution in [1.29, 1.82) is 0 Å². The molecule has 4 rings (SSSR count). The highest BCUT2D eigenvalue weighted by molar-refractivity contribution is 7.27. The molecule has 2 heterocycles. The van der Waals surface area contributed by atoms with E-state index in [4.69, 9.17) is 15.3 Å². The van der Waals surface area contributed by atoms with Gasteiger partial charge in [-0.2, -0.15) is 0 Å². The zero-order chi connectivity index (χ0) is 27.1. The van der Waals surface area contributed by atoms with Gasteiger partial charge in [-0.05, 0) is 65.1 Å². The summed E-state index contributed by atoms with van der Waals surface area (Å²) in [6.45, 7) is 10.3. The van der Waals surface area contributed by atoms with Crippen LogP contribution < -0.4 is 20.7 Å². The predicted octanol–water partition coefficient (Wildman–Crippen LogP) is 9.06. The summed E-state index contributed by atoms with van der Waals surface area (Å²) in [5.74, 6) is 7.87. The first-order valence-corrected chi connectivity index (χ1v) is 15.9. The van der Waals surface area contributed by atoms with E-state index in [0.717, 1.165) is 45.2 Å². The Morgan fingerprint density at radius 1 is 0.842 bits per heavy atom. The molecule has 0 spiro atoms. The summed E-state index contributed by atoms with van der Waals surface area (Å²) in [6, 6.07) is 8.43. The maximum Gasteiger partial charge on any atom is 0.275 e. The number of hydrazine groups is 1. The minimum Gasteiger partial charge on any atom is -0.489 e. The van der Waals surface area contributed by atoms with Gasteiger partial charge in [-0.1, -0.05) is 66.2 Å². The van der Waals surface area contributed by atoms with Gasteiger partial charge in [0.05, 0.1) is 27.5 Å². The summed E-state index contributed by atoms with van der Waals surface area (Å²) in [6.07, 6.45) is 9.40. The molecule has 0 bridgehead atoms. The van der Waals surface area contributed by atoms with Crippen molar-refractivity contribution in [3.63, 3.8) is 0 Å². The van der Waals surface area contributed by atoms with Gasteiger partial charge in [0.2, 0.25) is 0 Å². The SMILES string of the molecule is CCCCC(CC)COc1cc2c(cc1OCC(CC)CCCC)c1cc(C(=O)NN)sc1c1sccc21. The molecule has 1 amide bonds. The van der Waals surface area contributed by atoms with E-state index < -0.39 is 0 Å². The molecule has 0 fully saturated rings. The first-order valence-electron chi connectivity index (χ1n) is 14.2. The fourth-order valence-electron chi connectivity index (χ4n) is 5.08. The molecular formula is C31H42N2O3S2. The lowest BCUT2D eigenvalue weighted by atomic mass is 10.00. The molecule has 5 nitrogen and oxygen atoms in total. The standard InChI is InChI=1S/C31H42N2O3S2/c1-5-9-11-20(7-3)18-35-26-15-23-22-13-14-37-29(22)30-25(17-28(38-30)31(34)33-32)24(23)16-27(26)36-19-21(8-4)12-10-6-2/h13-17,20-21H,5-12,18-19,32H2,1-4H3,(H,33,34). The minimum absolute atomic E-state index is 0.264. The number of hydrogen-bond donors (Lipinski definition) is 2. The number of ether oxygens (including phenoxy) is 2. The van der Waals surface area contributed by atoms with E-state index in [1.807, 2.05) is 6.07 Å². The number of nitrogens with two attached hydrogens (primary N) is 1. The molecule has 0 aliphatic carbocycles. The Balaban J connectivity index is 1.80. The number of fused-ring (bicyclic) bond motifs is 6. The molecule has 2 aromatic heterocycles. The Morgan fingerprint density at radius 3 is 1.95 bits per heavy atom. The molecule has 38 heavy (non-hydrogen) atoms. The van der Waals surface area contributed by atoms with Crippen LogP contribution in [0.1, 0.15) is 88.7 Å².